The Morgan fingerprint density at radius 3 is 2.80 bits per heavy atom. The van der Waals surface area contributed by atoms with Gasteiger partial charge in [0.1, 0.15) is 5.82 Å². The van der Waals surface area contributed by atoms with Crippen LogP contribution < -0.4 is 5.73 Å². The predicted molar refractivity (Wildman–Crippen MR) is 85.1 cm³/mol. The van der Waals surface area contributed by atoms with Crippen LogP contribution in [0.4, 0.5) is 4.39 Å². The fourth-order valence-electron chi connectivity index (χ4n) is 3.09. The van der Waals surface area contributed by atoms with Gasteiger partial charge in [0.15, 0.2) is 0 Å². The summed E-state index contributed by atoms with van der Waals surface area (Å²) in [5.41, 5.74) is 7.39. The lowest BCUT2D eigenvalue weighted by Gasteiger charge is -2.35. The topological polar surface area (TPSA) is 29.3 Å². The number of nitrogens with zero attached hydrogens (tertiary/aromatic N) is 1. The van der Waals surface area contributed by atoms with Crippen molar-refractivity contribution in [2.24, 2.45) is 11.7 Å². The Hall–Kier alpha value is -0.450. The Kier molecular flexibility index (Phi) is 5.58. The van der Waals surface area contributed by atoms with Crippen LogP contribution in [0.5, 0.6) is 0 Å². The Labute approximate surface area is 129 Å². The van der Waals surface area contributed by atoms with Gasteiger partial charge in [-0.3, -0.25) is 4.90 Å². The van der Waals surface area contributed by atoms with E-state index in [-0.39, 0.29) is 17.9 Å². The number of hydrogen-bond donors (Lipinski definition) is 1. The number of likely N-dealkylation sites (tertiary alicyclic amines) is 1. The van der Waals surface area contributed by atoms with Crippen LogP contribution in [0.3, 0.4) is 0 Å². The molecule has 4 heteroatoms. The molecule has 20 heavy (non-hydrogen) atoms. The lowest BCUT2D eigenvalue weighted by molar-refractivity contribution is 0.165. The smallest absolute Gasteiger partial charge is 0.137 e. The zero-order valence-electron chi connectivity index (χ0n) is 12.3. The van der Waals surface area contributed by atoms with E-state index in [1.807, 2.05) is 6.07 Å². The van der Waals surface area contributed by atoms with Gasteiger partial charge in [0.2, 0.25) is 0 Å². The van der Waals surface area contributed by atoms with Gasteiger partial charge in [-0.05, 0) is 58.9 Å². The van der Waals surface area contributed by atoms with Crippen LogP contribution in [-0.4, -0.2) is 24.0 Å². The minimum absolute atomic E-state index is 0.0804. The molecular formula is C16H24BrFN2. The summed E-state index contributed by atoms with van der Waals surface area (Å²) in [5.74, 6) is 0.381. The molecule has 2 rings (SSSR count). The SMILES string of the molecule is CC(C)CN1CCCCC(N)C1c1ccc(Br)c(F)c1. The normalized spacial score (nSPS) is 24.9. The van der Waals surface area contributed by atoms with E-state index < -0.39 is 0 Å². The van der Waals surface area contributed by atoms with Gasteiger partial charge in [0.05, 0.1) is 4.47 Å². The lowest BCUT2D eigenvalue weighted by Crippen LogP contribution is -2.41. The van der Waals surface area contributed by atoms with Crippen LogP contribution in [0, 0.1) is 11.7 Å². The van der Waals surface area contributed by atoms with Gasteiger partial charge in [-0.15, -0.1) is 0 Å². The van der Waals surface area contributed by atoms with Gasteiger partial charge >= 0.3 is 0 Å². The van der Waals surface area contributed by atoms with Crippen LogP contribution in [0.2, 0.25) is 0 Å². The quantitative estimate of drug-likeness (QED) is 0.895. The molecule has 112 valence electrons. The third-order valence-corrected chi connectivity index (χ3v) is 4.56. The van der Waals surface area contributed by atoms with Gasteiger partial charge in [0.25, 0.3) is 0 Å². The Balaban J connectivity index is 2.31. The number of nitrogens with two attached hydrogens (primary N) is 1. The molecule has 0 aromatic heterocycles. The summed E-state index contributed by atoms with van der Waals surface area (Å²) in [4.78, 5) is 2.44. The van der Waals surface area contributed by atoms with Gasteiger partial charge in [-0.1, -0.05) is 26.3 Å². The molecule has 0 bridgehead atoms. The minimum atomic E-state index is -0.205. The molecule has 1 aliphatic heterocycles. The summed E-state index contributed by atoms with van der Waals surface area (Å²) in [6.07, 6.45) is 3.35. The molecule has 0 aliphatic carbocycles. The highest BCUT2D eigenvalue weighted by molar-refractivity contribution is 9.10. The van der Waals surface area contributed by atoms with E-state index in [4.69, 9.17) is 5.73 Å². The van der Waals surface area contributed by atoms with E-state index >= 15 is 0 Å². The number of rotatable bonds is 3. The summed E-state index contributed by atoms with van der Waals surface area (Å²) in [6, 6.07) is 5.62. The zero-order chi connectivity index (χ0) is 14.7. The Morgan fingerprint density at radius 1 is 1.40 bits per heavy atom. The second-order valence-corrected chi connectivity index (χ2v) is 7.02. The van der Waals surface area contributed by atoms with Crippen molar-refractivity contribution in [3.63, 3.8) is 0 Å². The average molecular weight is 343 g/mol. The molecule has 2 nitrogen and oxygen atoms in total. The zero-order valence-corrected chi connectivity index (χ0v) is 13.9. The van der Waals surface area contributed by atoms with Gasteiger partial charge in [0, 0.05) is 18.6 Å². The average Bonchev–Trinajstić information content (AvgIpc) is 2.54. The molecule has 0 spiro atoms. The fourth-order valence-corrected chi connectivity index (χ4v) is 3.34. The summed E-state index contributed by atoms with van der Waals surface area (Å²) in [6.45, 7) is 6.50. The van der Waals surface area contributed by atoms with Crippen molar-refractivity contribution in [1.29, 1.82) is 0 Å². The molecule has 1 saturated heterocycles. The van der Waals surface area contributed by atoms with Crippen molar-refractivity contribution in [2.75, 3.05) is 13.1 Å². The van der Waals surface area contributed by atoms with Crippen molar-refractivity contribution in [2.45, 2.75) is 45.2 Å². The highest BCUT2D eigenvalue weighted by Crippen LogP contribution is 2.31. The molecule has 2 unspecified atom stereocenters. The molecule has 0 radical (unpaired) electrons. The summed E-state index contributed by atoms with van der Waals surface area (Å²) in [7, 11) is 0. The van der Waals surface area contributed by atoms with Crippen molar-refractivity contribution in [1.82, 2.24) is 4.90 Å². The van der Waals surface area contributed by atoms with Crippen LogP contribution in [-0.2, 0) is 0 Å². The molecule has 2 N–H and O–H groups in total. The molecule has 2 atom stereocenters. The maximum atomic E-state index is 13.8. The molecule has 1 aromatic carbocycles. The minimum Gasteiger partial charge on any atom is -0.326 e. The maximum absolute atomic E-state index is 13.8. The van der Waals surface area contributed by atoms with Crippen molar-refractivity contribution in [3.8, 4) is 0 Å². The number of halogens is 2. The third kappa shape index (κ3) is 3.80. The van der Waals surface area contributed by atoms with E-state index in [2.05, 4.69) is 34.7 Å². The molecule has 1 aliphatic rings. The van der Waals surface area contributed by atoms with Gasteiger partial charge in [-0.25, -0.2) is 4.39 Å². The van der Waals surface area contributed by atoms with E-state index in [0.717, 1.165) is 31.5 Å². The van der Waals surface area contributed by atoms with Gasteiger partial charge in [-0.2, -0.15) is 0 Å². The maximum Gasteiger partial charge on any atom is 0.137 e. The van der Waals surface area contributed by atoms with E-state index in [1.165, 1.54) is 6.42 Å². The van der Waals surface area contributed by atoms with E-state index in [9.17, 15) is 4.39 Å². The first kappa shape index (κ1) is 15.9. The Morgan fingerprint density at radius 2 is 2.15 bits per heavy atom. The number of benzene rings is 1. The first-order chi connectivity index (χ1) is 9.49. The molecule has 1 aromatic rings. The van der Waals surface area contributed by atoms with Crippen LogP contribution in [0.25, 0.3) is 0 Å². The largest absolute Gasteiger partial charge is 0.326 e. The standard InChI is InChI=1S/C16H24BrFN2/c1-11(2)10-20-8-4-3-5-15(19)16(20)12-6-7-13(17)14(18)9-12/h6-7,9,11,15-16H,3-5,8,10,19H2,1-2H3. The van der Waals surface area contributed by atoms with Crippen molar-refractivity contribution < 1.29 is 4.39 Å². The van der Waals surface area contributed by atoms with Crippen LogP contribution >= 0.6 is 15.9 Å². The monoisotopic (exact) mass is 342 g/mol. The second-order valence-electron chi connectivity index (χ2n) is 6.17. The molecular weight excluding hydrogens is 319 g/mol. The highest BCUT2D eigenvalue weighted by atomic mass is 79.9. The summed E-state index contributed by atoms with van der Waals surface area (Å²) >= 11 is 3.22. The first-order valence-electron chi connectivity index (χ1n) is 7.43. The molecule has 0 saturated carbocycles. The lowest BCUT2D eigenvalue weighted by atomic mass is 9.95. The highest BCUT2D eigenvalue weighted by Gasteiger charge is 2.29. The fraction of sp³-hybridized carbons (Fsp3) is 0.625. The van der Waals surface area contributed by atoms with Gasteiger partial charge < -0.3 is 5.73 Å². The first-order valence-corrected chi connectivity index (χ1v) is 8.23. The molecule has 1 fully saturated rings. The summed E-state index contributed by atoms with van der Waals surface area (Å²) in [5, 5.41) is 0. The van der Waals surface area contributed by atoms with Crippen LogP contribution in [0.1, 0.15) is 44.7 Å². The Bertz CT molecular complexity index is 450. The van der Waals surface area contributed by atoms with Crippen LogP contribution in [0.15, 0.2) is 22.7 Å². The predicted octanol–water partition coefficient (Wildman–Crippen LogP) is 4.10. The summed E-state index contributed by atoms with van der Waals surface area (Å²) < 4.78 is 14.4. The molecule has 1 heterocycles. The number of hydrogen-bond acceptors (Lipinski definition) is 2. The van der Waals surface area contributed by atoms with Crippen molar-refractivity contribution in [3.05, 3.63) is 34.1 Å². The van der Waals surface area contributed by atoms with E-state index in [0.29, 0.717) is 10.4 Å². The third-order valence-electron chi connectivity index (χ3n) is 3.92. The van der Waals surface area contributed by atoms with Crippen molar-refractivity contribution >= 4 is 15.9 Å². The van der Waals surface area contributed by atoms with E-state index in [1.54, 1.807) is 12.1 Å². The second kappa shape index (κ2) is 7.01. The molecule has 0 amide bonds.